The zero-order valence-electron chi connectivity index (χ0n) is 24.6. The first-order chi connectivity index (χ1) is 19.7. The fourth-order valence-electron chi connectivity index (χ4n) is 8.32. The molecule has 4 fully saturated rings. The summed E-state index contributed by atoms with van der Waals surface area (Å²) < 4.78 is 13.1. The Bertz CT molecular complexity index is 993. The van der Waals surface area contributed by atoms with Gasteiger partial charge in [-0.25, -0.2) is 0 Å². The van der Waals surface area contributed by atoms with Crippen LogP contribution in [0.2, 0.25) is 0 Å². The lowest BCUT2D eigenvalue weighted by Crippen LogP contribution is -2.10. The van der Waals surface area contributed by atoms with E-state index in [1.165, 1.54) is 151 Å². The molecule has 6 rings (SSSR count). The second kappa shape index (κ2) is 14.3. The van der Waals surface area contributed by atoms with Crippen LogP contribution in [0.5, 0.6) is 11.5 Å². The second-order valence-corrected chi connectivity index (χ2v) is 14.9. The van der Waals surface area contributed by atoms with Gasteiger partial charge < -0.3 is 9.05 Å². The van der Waals surface area contributed by atoms with Gasteiger partial charge in [0.05, 0.1) is 0 Å². The van der Waals surface area contributed by atoms with Gasteiger partial charge in [0.1, 0.15) is 11.5 Å². The SMILES string of the molecule is ClP(Oc1ccc(C2CCCCC2)cc1C1CCCCC1)Oc1ccc(C2CCCCC2)cc1C1CCCCC1. The average molecular weight is 581 g/mol. The Morgan fingerprint density at radius 2 is 0.775 bits per heavy atom. The molecular weight excluding hydrogens is 531 g/mol. The molecule has 4 aliphatic rings. The molecule has 4 aliphatic carbocycles. The van der Waals surface area contributed by atoms with E-state index in [9.17, 15) is 0 Å². The highest BCUT2D eigenvalue weighted by Gasteiger charge is 2.27. The third kappa shape index (κ3) is 7.21. The van der Waals surface area contributed by atoms with Crippen molar-refractivity contribution in [2.75, 3.05) is 0 Å². The van der Waals surface area contributed by atoms with Gasteiger partial charge in [-0.2, -0.15) is 0 Å². The van der Waals surface area contributed by atoms with Crippen molar-refractivity contribution in [3.8, 4) is 11.5 Å². The number of halogens is 1. The van der Waals surface area contributed by atoms with Crippen LogP contribution in [0.4, 0.5) is 0 Å². The summed E-state index contributed by atoms with van der Waals surface area (Å²) in [5.74, 6) is 4.51. The van der Waals surface area contributed by atoms with Gasteiger partial charge in [-0.3, -0.25) is 0 Å². The lowest BCUT2D eigenvalue weighted by Gasteiger charge is -2.29. The number of rotatable bonds is 8. The predicted octanol–water partition coefficient (Wildman–Crippen LogP) is 12.8. The van der Waals surface area contributed by atoms with Crippen LogP contribution in [-0.2, 0) is 0 Å². The van der Waals surface area contributed by atoms with Gasteiger partial charge in [0.2, 0.25) is 0 Å². The van der Waals surface area contributed by atoms with Gasteiger partial charge in [0, 0.05) is 0 Å². The summed E-state index contributed by atoms with van der Waals surface area (Å²) >= 11 is 6.97. The van der Waals surface area contributed by atoms with E-state index in [2.05, 4.69) is 36.4 Å². The second-order valence-electron chi connectivity index (χ2n) is 13.3. The third-order valence-electron chi connectivity index (χ3n) is 10.7. The van der Waals surface area contributed by atoms with Crippen molar-refractivity contribution in [3.63, 3.8) is 0 Å². The first kappa shape index (κ1) is 28.9. The van der Waals surface area contributed by atoms with E-state index in [4.69, 9.17) is 20.3 Å². The van der Waals surface area contributed by atoms with Crippen molar-refractivity contribution in [2.24, 2.45) is 0 Å². The highest BCUT2D eigenvalue weighted by molar-refractivity contribution is 7.76. The molecule has 0 saturated heterocycles. The Hall–Kier alpha value is -1.24. The van der Waals surface area contributed by atoms with Crippen LogP contribution in [-0.4, -0.2) is 0 Å². The summed E-state index contributed by atoms with van der Waals surface area (Å²) in [6.07, 6.45) is 26.6. The molecule has 0 bridgehead atoms. The molecule has 2 aromatic carbocycles. The van der Waals surface area contributed by atoms with Gasteiger partial charge in [-0.1, -0.05) is 101 Å². The maximum absolute atomic E-state index is 6.97. The Morgan fingerprint density at radius 3 is 1.12 bits per heavy atom. The largest absolute Gasteiger partial charge is 0.427 e. The van der Waals surface area contributed by atoms with Crippen molar-refractivity contribution < 1.29 is 9.05 Å². The molecule has 218 valence electrons. The zero-order chi connectivity index (χ0) is 27.1. The first-order valence-corrected chi connectivity index (χ1v) is 18.9. The minimum Gasteiger partial charge on any atom is -0.427 e. The Morgan fingerprint density at radius 1 is 0.450 bits per heavy atom. The molecule has 0 heterocycles. The topological polar surface area (TPSA) is 18.5 Å². The molecule has 0 aliphatic heterocycles. The van der Waals surface area contributed by atoms with Gasteiger partial charge in [0.25, 0.3) is 0 Å². The van der Waals surface area contributed by atoms with Crippen LogP contribution in [0.1, 0.15) is 174 Å². The van der Waals surface area contributed by atoms with E-state index in [-0.39, 0.29) is 0 Å². The van der Waals surface area contributed by atoms with Gasteiger partial charge >= 0.3 is 7.73 Å². The smallest absolute Gasteiger partial charge is 0.401 e. The Balaban J connectivity index is 1.22. The third-order valence-corrected chi connectivity index (χ3v) is 11.7. The standard InChI is InChI=1S/C36H50ClO2P/c37-40(38-35-23-21-31(27-13-5-1-6-14-27)25-33(35)29-17-9-3-10-18-29)39-36-24-22-32(28-15-7-2-8-16-28)26-34(36)30-19-11-4-12-20-30/h21-30H,1-20H2. The molecule has 0 radical (unpaired) electrons. The van der Waals surface area contributed by atoms with Gasteiger partial charge in [-0.05, 0) is 121 Å². The van der Waals surface area contributed by atoms with Gasteiger partial charge in [-0.15, -0.1) is 0 Å². The van der Waals surface area contributed by atoms with E-state index >= 15 is 0 Å². The summed E-state index contributed by atoms with van der Waals surface area (Å²) in [5.41, 5.74) is 5.81. The minimum absolute atomic E-state index is 0.583. The predicted molar refractivity (Wildman–Crippen MR) is 170 cm³/mol. The Kier molecular flexibility index (Phi) is 10.3. The molecule has 0 aromatic heterocycles. The maximum Gasteiger partial charge on any atom is 0.401 e. The normalized spacial score (nSPS) is 22.4. The summed E-state index contributed by atoms with van der Waals surface area (Å²) in [5, 5.41) is 0. The van der Waals surface area contributed by atoms with Crippen LogP contribution >= 0.6 is 19.0 Å². The van der Waals surface area contributed by atoms with E-state index < -0.39 is 7.73 Å². The fourth-order valence-corrected chi connectivity index (χ4v) is 9.44. The quantitative estimate of drug-likeness (QED) is 0.289. The summed E-state index contributed by atoms with van der Waals surface area (Å²) in [7, 11) is -1.58. The lowest BCUT2D eigenvalue weighted by atomic mass is 9.79. The van der Waals surface area contributed by atoms with Crippen molar-refractivity contribution >= 4 is 19.0 Å². The molecule has 0 amide bonds. The summed E-state index contributed by atoms with van der Waals surface area (Å²) in [4.78, 5) is 0. The summed E-state index contributed by atoms with van der Waals surface area (Å²) in [6, 6.07) is 14.1. The van der Waals surface area contributed by atoms with E-state index in [1.54, 1.807) is 0 Å². The van der Waals surface area contributed by atoms with Crippen LogP contribution < -0.4 is 9.05 Å². The molecule has 40 heavy (non-hydrogen) atoms. The monoisotopic (exact) mass is 580 g/mol. The molecule has 2 aromatic rings. The van der Waals surface area contributed by atoms with Crippen LogP contribution in [0.25, 0.3) is 0 Å². The van der Waals surface area contributed by atoms with E-state index in [0.29, 0.717) is 23.7 Å². The van der Waals surface area contributed by atoms with Crippen LogP contribution in [0.3, 0.4) is 0 Å². The number of hydrogen-bond acceptors (Lipinski definition) is 2. The molecule has 2 nitrogen and oxygen atoms in total. The number of hydrogen-bond donors (Lipinski definition) is 0. The molecule has 4 heteroatoms. The highest BCUT2D eigenvalue weighted by Crippen LogP contribution is 2.51. The molecule has 0 atom stereocenters. The summed E-state index contributed by atoms with van der Waals surface area (Å²) in [6.45, 7) is 0. The van der Waals surface area contributed by atoms with Crippen molar-refractivity contribution in [2.45, 2.75) is 152 Å². The van der Waals surface area contributed by atoms with Crippen LogP contribution in [0, 0.1) is 0 Å². The molecule has 0 unspecified atom stereocenters. The number of benzene rings is 2. The van der Waals surface area contributed by atoms with Gasteiger partial charge in [0.15, 0.2) is 0 Å². The average Bonchev–Trinajstić information content (AvgIpc) is 3.03. The maximum atomic E-state index is 6.97. The molecule has 0 spiro atoms. The minimum atomic E-state index is -1.58. The van der Waals surface area contributed by atoms with E-state index in [1.807, 2.05) is 0 Å². The van der Waals surface area contributed by atoms with Crippen molar-refractivity contribution in [3.05, 3.63) is 58.7 Å². The zero-order valence-corrected chi connectivity index (χ0v) is 26.2. The molecule has 4 saturated carbocycles. The van der Waals surface area contributed by atoms with E-state index in [0.717, 1.165) is 11.5 Å². The van der Waals surface area contributed by atoms with Crippen molar-refractivity contribution in [1.82, 2.24) is 0 Å². The molecular formula is C36H50ClO2P. The first-order valence-electron chi connectivity index (χ1n) is 16.8. The Labute approximate surface area is 249 Å². The van der Waals surface area contributed by atoms with Crippen LogP contribution in [0.15, 0.2) is 36.4 Å². The highest BCUT2D eigenvalue weighted by atomic mass is 35.7. The molecule has 0 N–H and O–H groups in total. The van der Waals surface area contributed by atoms with Crippen molar-refractivity contribution in [1.29, 1.82) is 0 Å². The fraction of sp³-hybridized carbons (Fsp3) is 0.667. The lowest BCUT2D eigenvalue weighted by molar-refractivity contribution is 0.419.